The summed E-state index contributed by atoms with van der Waals surface area (Å²) in [7, 11) is 0. The molecule has 2 aromatic rings. The second-order valence-corrected chi connectivity index (χ2v) is 5.91. The normalized spacial score (nSPS) is 10.2. The largest absolute Gasteiger partial charge is 0.352 e. The molecule has 5 heteroatoms. The van der Waals surface area contributed by atoms with Gasteiger partial charge in [0.25, 0.3) is 11.8 Å². The number of hydrogen-bond donors (Lipinski definition) is 2. The lowest BCUT2D eigenvalue weighted by atomic mass is 10.1. The highest BCUT2D eigenvalue weighted by Crippen LogP contribution is 2.11. The van der Waals surface area contributed by atoms with Gasteiger partial charge in [0, 0.05) is 29.2 Å². The number of amides is 2. The molecule has 0 bridgehead atoms. The second-order valence-electron chi connectivity index (χ2n) is 5.47. The summed E-state index contributed by atoms with van der Waals surface area (Å²) in [6, 6.07) is 14.3. The van der Waals surface area contributed by atoms with E-state index in [4.69, 9.17) is 11.6 Å². The smallest absolute Gasteiger partial charge is 0.251 e. The molecule has 0 saturated carbocycles. The average Bonchev–Trinajstić information content (AvgIpc) is 2.59. The molecule has 126 valence electrons. The number of carbonyl (C=O) groups excluding carboxylic acids is 2. The van der Waals surface area contributed by atoms with Crippen molar-refractivity contribution in [2.24, 2.45) is 0 Å². The van der Waals surface area contributed by atoms with Gasteiger partial charge in [0.15, 0.2) is 0 Å². The van der Waals surface area contributed by atoms with Gasteiger partial charge >= 0.3 is 0 Å². The molecular weight excluding hydrogens is 324 g/mol. The second kappa shape index (κ2) is 9.08. The van der Waals surface area contributed by atoms with Crippen LogP contribution >= 0.6 is 11.6 Å². The molecule has 0 aliphatic rings. The third kappa shape index (κ3) is 5.39. The first-order chi connectivity index (χ1) is 11.6. The van der Waals surface area contributed by atoms with E-state index in [1.807, 2.05) is 31.2 Å². The van der Waals surface area contributed by atoms with Crippen molar-refractivity contribution in [3.8, 4) is 0 Å². The molecule has 2 N–H and O–H groups in total. The molecule has 24 heavy (non-hydrogen) atoms. The van der Waals surface area contributed by atoms with Gasteiger partial charge in [-0.1, -0.05) is 36.7 Å². The van der Waals surface area contributed by atoms with Crippen LogP contribution in [0.5, 0.6) is 0 Å². The Labute approximate surface area is 147 Å². The molecule has 2 rings (SSSR count). The van der Waals surface area contributed by atoms with Gasteiger partial charge in [0.05, 0.1) is 0 Å². The average molecular weight is 345 g/mol. The Morgan fingerprint density at radius 2 is 1.54 bits per heavy atom. The van der Waals surface area contributed by atoms with Crippen LogP contribution in [0, 0.1) is 0 Å². The Kier molecular flexibility index (Phi) is 6.82. The topological polar surface area (TPSA) is 58.2 Å². The summed E-state index contributed by atoms with van der Waals surface area (Å²) in [5.74, 6) is -0.354. The van der Waals surface area contributed by atoms with Gasteiger partial charge in [-0.2, -0.15) is 0 Å². The zero-order chi connectivity index (χ0) is 17.4. The molecule has 0 saturated heterocycles. The standard InChI is InChI=1S/C19H21ClN2O2/c1-2-10-21-18(23)15-6-4-7-16(13-15)19(24)22-11-9-14-5-3-8-17(20)12-14/h3-8,12-13H,2,9-11H2,1H3,(H,21,23)(H,22,24). The van der Waals surface area contributed by atoms with Crippen LogP contribution in [-0.4, -0.2) is 24.9 Å². The van der Waals surface area contributed by atoms with Crippen LogP contribution in [0.1, 0.15) is 39.6 Å². The van der Waals surface area contributed by atoms with E-state index in [1.165, 1.54) is 0 Å². The molecule has 2 amide bonds. The van der Waals surface area contributed by atoms with Crippen molar-refractivity contribution in [1.82, 2.24) is 10.6 Å². The zero-order valence-corrected chi connectivity index (χ0v) is 14.4. The summed E-state index contributed by atoms with van der Waals surface area (Å²) in [4.78, 5) is 24.2. The predicted molar refractivity (Wildman–Crippen MR) is 96.6 cm³/mol. The molecule has 2 aromatic carbocycles. The summed E-state index contributed by atoms with van der Waals surface area (Å²) in [5, 5.41) is 6.35. The van der Waals surface area contributed by atoms with Gasteiger partial charge in [-0.05, 0) is 48.7 Å². The monoisotopic (exact) mass is 344 g/mol. The van der Waals surface area contributed by atoms with E-state index in [-0.39, 0.29) is 11.8 Å². The van der Waals surface area contributed by atoms with Gasteiger partial charge in [-0.3, -0.25) is 9.59 Å². The summed E-state index contributed by atoms with van der Waals surface area (Å²) in [6.45, 7) is 3.12. The minimum atomic E-state index is -0.192. The highest BCUT2D eigenvalue weighted by Gasteiger charge is 2.09. The number of carbonyl (C=O) groups is 2. The number of benzene rings is 2. The van der Waals surface area contributed by atoms with Crippen LogP contribution < -0.4 is 10.6 Å². The van der Waals surface area contributed by atoms with E-state index in [9.17, 15) is 9.59 Å². The molecule has 0 radical (unpaired) electrons. The van der Waals surface area contributed by atoms with Crippen molar-refractivity contribution in [2.45, 2.75) is 19.8 Å². The van der Waals surface area contributed by atoms with Crippen molar-refractivity contribution >= 4 is 23.4 Å². The number of hydrogen-bond acceptors (Lipinski definition) is 2. The molecule has 0 atom stereocenters. The lowest BCUT2D eigenvalue weighted by Gasteiger charge is -2.08. The summed E-state index contributed by atoms with van der Waals surface area (Å²) in [6.07, 6.45) is 1.57. The molecular formula is C19H21ClN2O2. The van der Waals surface area contributed by atoms with E-state index in [1.54, 1.807) is 24.3 Å². The molecule has 0 fully saturated rings. The third-order valence-electron chi connectivity index (χ3n) is 3.51. The fourth-order valence-electron chi connectivity index (χ4n) is 2.26. The lowest BCUT2D eigenvalue weighted by Crippen LogP contribution is -2.27. The van der Waals surface area contributed by atoms with Crippen molar-refractivity contribution in [3.63, 3.8) is 0 Å². The first kappa shape index (κ1) is 18.0. The predicted octanol–water partition coefficient (Wildman–Crippen LogP) is 3.45. The van der Waals surface area contributed by atoms with Gasteiger partial charge in [0.2, 0.25) is 0 Å². The number of rotatable bonds is 7. The van der Waals surface area contributed by atoms with Crippen LogP contribution in [-0.2, 0) is 6.42 Å². The Bertz CT molecular complexity index is 716. The van der Waals surface area contributed by atoms with E-state index in [0.29, 0.717) is 35.7 Å². The lowest BCUT2D eigenvalue weighted by molar-refractivity contribution is 0.0953. The van der Waals surface area contributed by atoms with Gasteiger partial charge in [-0.15, -0.1) is 0 Å². The molecule has 0 aromatic heterocycles. The number of nitrogens with one attached hydrogen (secondary N) is 2. The number of halogens is 1. The van der Waals surface area contributed by atoms with Crippen LogP contribution in [0.4, 0.5) is 0 Å². The Hall–Kier alpha value is -2.33. The molecule has 0 unspecified atom stereocenters. The summed E-state index contributed by atoms with van der Waals surface area (Å²) < 4.78 is 0. The highest BCUT2D eigenvalue weighted by atomic mass is 35.5. The fraction of sp³-hybridized carbons (Fsp3) is 0.263. The van der Waals surface area contributed by atoms with Crippen molar-refractivity contribution < 1.29 is 9.59 Å². The van der Waals surface area contributed by atoms with Crippen LogP contribution in [0.15, 0.2) is 48.5 Å². The van der Waals surface area contributed by atoms with Gasteiger partial charge in [0.1, 0.15) is 0 Å². The van der Waals surface area contributed by atoms with E-state index >= 15 is 0 Å². The molecule has 0 aliphatic carbocycles. The highest BCUT2D eigenvalue weighted by molar-refractivity contribution is 6.30. The summed E-state index contributed by atoms with van der Waals surface area (Å²) in [5.41, 5.74) is 2.03. The molecule has 0 spiro atoms. The van der Waals surface area contributed by atoms with Crippen molar-refractivity contribution in [3.05, 3.63) is 70.2 Å². The van der Waals surface area contributed by atoms with Crippen LogP contribution in [0.2, 0.25) is 5.02 Å². The Balaban J connectivity index is 1.91. The zero-order valence-electron chi connectivity index (χ0n) is 13.6. The van der Waals surface area contributed by atoms with Crippen LogP contribution in [0.3, 0.4) is 0 Å². The van der Waals surface area contributed by atoms with Gasteiger partial charge in [-0.25, -0.2) is 0 Å². The first-order valence-electron chi connectivity index (χ1n) is 8.01. The van der Waals surface area contributed by atoms with Crippen molar-refractivity contribution in [1.29, 1.82) is 0 Å². The SMILES string of the molecule is CCCNC(=O)c1cccc(C(=O)NCCc2cccc(Cl)c2)c1. The molecule has 0 heterocycles. The van der Waals surface area contributed by atoms with E-state index < -0.39 is 0 Å². The van der Waals surface area contributed by atoms with E-state index in [0.717, 1.165) is 12.0 Å². The van der Waals surface area contributed by atoms with Gasteiger partial charge < -0.3 is 10.6 Å². The van der Waals surface area contributed by atoms with Crippen molar-refractivity contribution in [2.75, 3.05) is 13.1 Å². The summed E-state index contributed by atoms with van der Waals surface area (Å²) >= 11 is 5.94. The minimum absolute atomic E-state index is 0.162. The Morgan fingerprint density at radius 1 is 0.917 bits per heavy atom. The van der Waals surface area contributed by atoms with E-state index in [2.05, 4.69) is 10.6 Å². The maximum Gasteiger partial charge on any atom is 0.251 e. The minimum Gasteiger partial charge on any atom is -0.352 e. The molecule has 0 aliphatic heterocycles. The maximum absolute atomic E-state index is 12.2. The van der Waals surface area contributed by atoms with Crippen LogP contribution in [0.25, 0.3) is 0 Å². The molecule has 4 nitrogen and oxygen atoms in total. The third-order valence-corrected chi connectivity index (χ3v) is 3.75. The fourth-order valence-corrected chi connectivity index (χ4v) is 2.47. The Morgan fingerprint density at radius 3 is 2.17 bits per heavy atom. The quantitative estimate of drug-likeness (QED) is 0.808. The maximum atomic E-state index is 12.2. The first-order valence-corrected chi connectivity index (χ1v) is 8.39.